The molecule has 0 spiro atoms. The third-order valence-corrected chi connectivity index (χ3v) is 3.39. The molecule has 0 unspecified atom stereocenters. The molecular weight excluding hydrogens is 292 g/mol. The van der Waals surface area contributed by atoms with Gasteiger partial charge in [-0.1, -0.05) is 24.6 Å². The van der Waals surface area contributed by atoms with E-state index >= 15 is 0 Å². The number of nitrogens with one attached hydrogen (secondary N) is 1. The molecule has 1 aromatic heterocycles. The summed E-state index contributed by atoms with van der Waals surface area (Å²) in [5, 5.41) is 11.1. The van der Waals surface area contributed by atoms with Crippen molar-refractivity contribution >= 4 is 5.91 Å². The molecule has 0 aliphatic rings. The summed E-state index contributed by atoms with van der Waals surface area (Å²) < 4.78 is 5.71. The minimum Gasteiger partial charge on any atom is -0.419 e. The fourth-order valence-corrected chi connectivity index (χ4v) is 2.17. The molecule has 1 amide bonds. The smallest absolute Gasteiger partial charge is 0.247 e. The van der Waals surface area contributed by atoms with Gasteiger partial charge in [0.1, 0.15) is 0 Å². The van der Waals surface area contributed by atoms with E-state index in [1.165, 1.54) is 5.56 Å². The van der Waals surface area contributed by atoms with Gasteiger partial charge in [-0.3, -0.25) is 9.69 Å². The molecule has 0 saturated carbocycles. The lowest BCUT2D eigenvalue weighted by molar-refractivity contribution is -0.122. The second-order valence-electron chi connectivity index (χ2n) is 5.89. The Morgan fingerprint density at radius 3 is 2.57 bits per heavy atom. The Hall–Kier alpha value is -2.21. The number of amides is 1. The van der Waals surface area contributed by atoms with Crippen molar-refractivity contribution in [2.24, 2.45) is 0 Å². The summed E-state index contributed by atoms with van der Waals surface area (Å²) in [6.07, 6.45) is 0. The first kappa shape index (κ1) is 17.1. The van der Waals surface area contributed by atoms with Crippen LogP contribution in [-0.2, 0) is 11.3 Å². The number of aromatic nitrogens is 2. The van der Waals surface area contributed by atoms with Crippen LogP contribution in [0.15, 0.2) is 28.7 Å². The van der Waals surface area contributed by atoms with E-state index in [0.717, 1.165) is 12.1 Å². The highest BCUT2D eigenvalue weighted by Crippen LogP contribution is 2.18. The van der Waals surface area contributed by atoms with E-state index in [1.807, 2.05) is 56.9 Å². The number of carbonyl (C=O) groups is 1. The average Bonchev–Trinajstić information content (AvgIpc) is 2.95. The van der Waals surface area contributed by atoms with E-state index in [2.05, 4.69) is 15.5 Å². The van der Waals surface area contributed by atoms with Crippen molar-refractivity contribution in [2.45, 2.75) is 40.3 Å². The quantitative estimate of drug-likeness (QED) is 0.849. The summed E-state index contributed by atoms with van der Waals surface area (Å²) in [7, 11) is 0. The van der Waals surface area contributed by atoms with E-state index in [4.69, 9.17) is 4.42 Å². The van der Waals surface area contributed by atoms with Crippen LogP contribution in [0.2, 0.25) is 0 Å². The number of benzene rings is 1. The molecule has 2 aromatic rings. The third-order valence-electron chi connectivity index (χ3n) is 3.39. The van der Waals surface area contributed by atoms with Crippen LogP contribution < -0.4 is 5.32 Å². The predicted octanol–water partition coefficient (Wildman–Crippen LogP) is 2.39. The summed E-state index contributed by atoms with van der Waals surface area (Å²) >= 11 is 0. The van der Waals surface area contributed by atoms with Gasteiger partial charge in [-0.2, -0.15) is 0 Å². The molecular formula is C17H24N4O2. The fourth-order valence-electron chi connectivity index (χ4n) is 2.17. The van der Waals surface area contributed by atoms with E-state index in [1.54, 1.807) is 0 Å². The van der Waals surface area contributed by atoms with Crippen LogP contribution in [0, 0.1) is 6.92 Å². The van der Waals surface area contributed by atoms with Crippen LogP contribution in [0.1, 0.15) is 32.2 Å². The summed E-state index contributed by atoms with van der Waals surface area (Å²) in [6, 6.07) is 8.07. The van der Waals surface area contributed by atoms with Gasteiger partial charge in [-0.05, 0) is 39.4 Å². The third kappa shape index (κ3) is 5.17. The fraction of sp³-hybridized carbons (Fsp3) is 0.471. The molecule has 0 fully saturated rings. The lowest BCUT2D eigenvalue weighted by Crippen LogP contribution is -2.39. The van der Waals surface area contributed by atoms with E-state index in [9.17, 15) is 4.79 Å². The van der Waals surface area contributed by atoms with Crippen LogP contribution in [-0.4, -0.2) is 40.1 Å². The molecule has 124 valence electrons. The summed E-state index contributed by atoms with van der Waals surface area (Å²) in [6.45, 7) is 9.43. The zero-order valence-electron chi connectivity index (χ0n) is 14.2. The van der Waals surface area contributed by atoms with Crippen LogP contribution >= 0.6 is 0 Å². The highest BCUT2D eigenvalue weighted by atomic mass is 16.4. The molecule has 1 aromatic carbocycles. The number of likely N-dealkylation sites (N-methyl/N-ethyl adjacent to an activating group) is 1. The van der Waals surface area contributed by atoms with Gasteiger partial charge < -0.3 is 9.73 Å². The second-order valence-corrected chi connectivity index (χ2v) is 5.89. The van der Waals surface area contributed by atoms with Crippen molar-refractivity contribution in [1.29, 1.82) is 0 Å². The normalized spacial score (nSPS) is 11.2. The summed E-state index contributed by atoms with van der Waals surface area (Å²) in [5.41, 5.74) is 2.08. The van der Waals surface area contributed by atoms with Gasteiger partial charge in [0.05, 0.1) is 13.1 Å². The molecule has 1 heterocycles. The minimum atomic E-state index is 0.000114. The Morgan fingerprint density at radius 1 is 1.26 bits per heavy atom. The molecule has 0 radical (unpaired) electrons. The monoisotopic (exact) mass is 316 g/mol. The standard InChI is InChI=1S/C17H24N4O2/c1-5-21(10-15(22)18-12(2)3)11-16-19-20-17(23-16)14-8-6-13(4)7-9-14/h6-9,12H,5,10-11H2,1-4H3,(H,18,22). The number of hydrogen-bond acceptors (Lipinski definition) is 5. The number of rotatable bonds is 7. The van der Waals surface area contributed by atoms with Gasteiger partial charge in [0, 0.05) is 11.6 Å². The molecule has 0 aliphatic carbocycles. The zero-order chi connectivity index (χ0) is 16.8. The maximum atomic E-state index is 11.9. The summed E-state index contributed by atoms with van der Waals surface area (Å²) in [4.78, 5) is 13.8. The number of hydrogen-bond donors (Lipinski definition) is 1. The van der Waals surface area contributed by atoms with E-state index < -0.39 is 0 Å². The Balaban J connectivity index is 1.99. The van der Waals surface area contributed by atoms with Crippen molar-refractivity contribution in [2.75, 3.05) is 13.1 Å². The van der Waals surface area contributed by atoms with Crippen molar-refractivity contribution in [1.82, 2.24) is 20.4 Å². The molecule has 2 rings (SSSR count). The average molecular weight is 316 g/mol. The van der Waals surface area contributed by atoms with Gasteiger partial charge in [0.2, 0.25) is 17.7 Å². The SMILES string of the molecule is CCN(CC(=O)NC(C)C)Cc1nnc(-c2ccc(C)cc2)o1. The lowest BCUT2D eigenvalue weighted by atomic mass is 10.1. The van der Waals surface area contributed by atoms with E-state index in [0.29, 0.717) is 24.9 Å². The molecule has 0 saturated heterocycles. The van der Waals surface area contributed by atoms with Gasteiger partial charge in [-0.25, -0.2) is 0 Å². The van der Waals surface area contributed by atoms with Crippen molar-refractivity contribution in [3.63, 3.8) is 0 Å². The largest absolute Gasteiger partial charge is 0.419 e. The molecule has 6 heteroatoms. The molecule has 0 atom stereocenters. The highest BCUT2D eigenvalue weighted by Gasteiger charge is 2.15. The van der Waals surface area contributed by atoms with Crippen LogP contribution in [0.25, 0.3) is 11.5 Å². The maximum Gasteiger partial charge on any atom is 0.247 e. The molecule has 1 N–H and O–H groups in total. The molecule has 0 bridgehead atoms. The first-order valence-corrected chi connectivity index (χ1v) is 7.89. The Labute approximate surface area is 136 Å². The summed E-state index contributed by atoms with van der Waals surface area (Å²) in [5.74, 6) is 1.02. The topological polar surface area (TPSA) is 71.3 Å². The second kappa shape index (κ2) is 7.87. The molecule has 23 heavy (non-hydrogen) atoms. The number of carbonyl (C=O) groups excluding carboxylic acids is 1. The minimum absolute atomic E-state index is 0.000114. The van der Waals surface area contributed by atoms with Gasteiger partial charge in [-0.15, -0.1) is 10.2 Å². The number of aryl methyl sites for hydroxylation is 1. The van der Waals surface area contributed by atoms with Crippen LogP contribution in [0.4, 0.5) is 0 Å². The molecule has 6 nitrogen and oxygen atoms in total. The molecule has 0 aliphatic heterocycles. The first-order chi connectivity index (χ1) is 11.0. The lowest BCUT2D eigenvalue weighted by Gasteiger charge is -2.18. The van der Waals surface area contributed by atoms with Crippen LogP contribution in [0.5, 0.6) is 0 Å². The van der Waals surface area contributed by atoms with Gasteiger partial charge in [0.15, 0.2) is 0 Å². The highest BCUT2D eigenvalue weighted by molar-refractivity contribution is 5.78. The van der Waals surface area contributed by atoms with Gasteiger partial charge >= 0.3 is 0 Å². The van der Waals surface area contributed by atoms with Crippen molar-refractivity contribution in [3.8, 4) is 11.5 Å². The van der Waals surface area contributed by atoms with Gasteiger partial charge in [0.25, 0.3) is 0 Å². The predicted molar refractivity (Wildman–Crippen MR) is 88.7 cm³/mol. The zero-order valence-corrected chi connectivity index (χ0v) is 14.2. The Morgan fingerprint density at radius 2 is 1.96 bits per heavy atom. The first-order valence-electron chi connectivity index (χ1n) is 7.89. The van der Waals surface area contributed by atoms with Crippen molar-refractivity contribution in [3.05, 3.63) is 35.7 Å². The Kier molecular flexibility index (Phi) is 5.87. The van der Waals surface area contributed by atoms with E-state index in [-0.39, 0.29) is 11.9 Å². The number of nitrogens with zero attached hydrogens (tertiary/aromatic N) is 3. The Bertz CT molecular complexity index is 634. The van der Waals surface area contributed by atoms with Crippen molar-refractivity contribution < 1.29 is 9.21 Å². The maximum absolute atomic E-state index is 11.9. The van der Waals surface area contributed by atoms with Crippen LogP contribution in [0.3, 0.4) is 0 Å².